The summed E-state index contributed by atoms with van der Waals surface area (Å²) in [4.78, 5) is 0. The SMILES string of the molecule is C[Si](C)(CN)O[Si](C)(C)CCCCBr. The molecule has 86 valence electrons. The minimum Gasteiger partial charge on any atom is -0.455 e. The summed E-state index contributed by atoms with van der Waals surface area (Å²) in [5, 5.41) is 1.11. The molecule has 0 saturated heterocycles. The fourth-order valence-electron chi connectivity index (χ4n) is 1.49. The van der Waals surface area contributed by atoms with E-state index < -0.39 is 16.6 Å². The average molecular weight is 298 g/mol. The molecule has 0 aromatic heterocycles. The van der Waals surface area contributed by atoms with Crippen LogP contribution in [-0.4, -0.2) is 28.1 Å². The fourth-order valence-corrected chi connectivity index (χ4v) is 9.71. The van der Waals surface area contributed by atoms with Crippen molar-refractivity contribution in [1.82, 2.24) is 0 Å². The molecule has 0 aliphatic carbocycles. The molecular formula is C9H24BrNOSi2. The molecule has 0 rings (SSSR count). The Bertz CT molecular complexity index is 165. The van der Waals surface area contributed by atoms with E-state index in [1.807, 2.05) is 0 Å². The highest BCUT2D eigenvalue weighted by molar-refractivity contribution is 9.09. The van der Waals surface area contributed by atoms with Crippen molar-refractivity contribution in [2.45, 2.75) is 45.1 Å². The minimum atomic E-state index is -1.55. The van der Waals surface area contributed by atoms with Crippen molar-refractivity contribution >= 4 is 32.6 Å². The summed E-state index contributed by atoms with van der Waals surface area (Å²) in [5.74, 6) is 0. The van der Waals surface area contributed by atoms with E-state index in [-0.39, 0.29) is 0 Å². The maximum atomic E-state index is 6.26. The van der Waals surface area contributed by atoms with Crippen LogP contribution in [0.15, 0.2) is 0 Å². The van der Waals surface area contributed by atoms with Gasteiger partial charge >= 0.3 is 0 Å². The normalized spacial score (nSPS) is 13.3. The molecule has 0 atom stereocenters. The monoisotopic (exact) mass is 297 g/mol. The Morgan fingerprint density at radius 3 is 2.07 bits per heavy atom. The topological polar surface area (TPSA) is 35.2 Å². The van der Waals surface area contributed by atoms with E-state index in [1.165, 1.54) is 18.9 Å². The van der Waals surface area contributed by atoms with E-state index in [9.17, 15) is 0 Å². The fraction of sp³-hybridized carbons (Fsp3) is 1.00. The summed E-state index contributed by atoms with van der Waals surface area (Å²) < 4.78 is 6.26. The zero-order valence-corrected chi connectivity index (χ0v) is 13.5. The average Bonchev–Trinajstić information content (AvgIpc) is 2.03. The van der Waals surface area contributed by atoms with Crippen LogP contribution in [0.2, 0.25) is 32.2 Å². The van der Waals surface area contributed by atoms with Crippen LogP contribution in [-0.2, 0) is 4.12 Å². The molecule has 14 heavy (non-hydrogen) atoms. The first kappa shape index (κ1) is 14.8. The number of alkyl halides is 1. The number of halogens is 1. The second-order valence-electron chi connectivity index (χ2n) is 4.97. The van der Waals surface area contributed by atoms with Gasteiger partial charge in [-0.25, -0.2) is 0 Å². The van der Waals surface area contributed by atoms with E-state index in [4.69, 9.17) is 9.85 Å². The lowest BCUT2D eigenvalue weighted by molar-refractivity contribution is 0.535. The zero-order valence-electron chi connectivity index (χ0n) is 9.90. The molecule has 0 unspecified atom stereocenters. The Kier molecular flexibility index (Phi) is 6.81. The first-order chi connectivity index (χ1) is 6.33. The molecule has 0 spiro atoms. The lowest BCUT2D eigenvalue weighted by Gasteiger charge is -2.33. The predicted octanol–water partition coefficient (Wildman–Crippen LogP) is 3.09. The molecule has 0 aliphatic rings. The van der Waals surface area contributed by atoms with E-state index in [2.05, 4.69) is 42.1 Å². The van der Waals surface area contributed by atoms with Crippen LogP contribution in [0, 0.1) is 0 Å². The van der Waals surface area contributed by atoms with Gasteiger partial charge in [-0.2, -0.15) is 0 Å². The molecule has 0 aliphatic heterocycles. The van der Waals surface area contributed by atoms with Crippen LogP contribution < -0.4 is 5.73 Å². The van der Waals surface area contributed by atoms with Gasteiger partial charge in [0, 0.05) is 11.5 Å². The van der Waals surface area contributed by atoms with Crippen molar-refractivity contribution in [2.75, 3.05) is 11.5 Å². The molecule has 0 fully saturated rings. The summed E-state index contributed by atoms with van der Waals surface area (Å²) in [5.41, 5.74) is 5.72. The highest BCUT2D eigenvalue weighted by atomic mass is 79.9. The van der Waals surface area contributed by atoms with E-state index in [0.717, 1.165) is 11.5 Å². The molecule has 0 saturated carbocycles. The molecular weight excluding hydrogens is 274 g/mol. The van der Waals surface area contributed by atoms with Gasteiger partial charge in [0.15, 0.2) is 16.6 Å². The van der Waals surface area contributed by atoms with Gasteiger partial charge in [0.1, 0.15) is 0 Å². The van der Waals surface area contributed by atoms with Gasteiger partial charge in [-0.1, -0.05) is 22.4 Å². The van der Waals surface area contributed by atoms with Gasteiger partial charge < -0.3 is 9.85 Å². The van der Waals surface area contributed by atoms with E-state index in [0.29, 0.717) is 0 Å². The van der Waals surface area contributed by atoms with Crippen molar-refractivity contribution in [3.8, 4) is 0 Å². The summed E-state index contributed by atoms with van der Waals surface area (Å²) in [6, 6.07) is 1.26. The Labute approximate surface area is 99.0 Å². The van der Waals surface area contributed by atoms with E-state index >= 15 is 0 Å². The van der Waals surface area contributed by atoms with Gasteiger partial charge in [0.05, 0.1) is 0 Å². The summed E-state index contributed by atoms with van der Waals surface area (Å²) in [6.07, 6.45) is 3.27. The van der Waals surface area contributed by atoms with Gasteiger partial charge in [-0.15, -0.1) is 0 Å². The maximum absolute atomic E-state index is 6.26. The third-order valence-corrected chi connectivity index (χ3v) is 9.73. The third kappa shape index (κ3) is 7.17. The van der Waals surface area contributed by atoms with Crippen LogP contribution in [0.5, 0.6) is 0 Å². The van der Waals surface area contributed by atoms with Crippen molar-refractivity contribution in [3.05, 3.63) is 0 Å². The van der Waals surface area contributed by atoms with Gasteiger partial charge in [-0.3, -0.25) is 0 Å². The number of hydrogen-bond donors (Lipinski definition) is 1. The smallest absolute Gasteiger partial charge is 0.187 e. The van der Waals surface area contributed by atoms with E-state index in [1.54, 1.807) is 0 Å². The predicted molar refractivity (Wildman–Crippen MR) is 72.9 cm³/mol. The van der Waals surface area contributed by atoms with Gasteiger partial charge in [0.25, 0.3) is 0 Å². The quantitative estimate of drug-likeness (QED) is 0.445. The van der Waals surface area contributed by atoms with Crippen LogP contribution in [0.1, 0.15) is 12.8 Å². The highest BCUT2D eigenvalue weighted by Crippen LogP contribution is 2.20. The summed E-state index contributed by atoms with van der Waals surface area (Å²) in [7, 11) is -2.98. The standard InChI is InChI=1S/C9H24BrNOSi2/c1-13(2,8-6-5-7-10)12-14(3,4)9-11/h5-9,11H2,1-4H3. The number of hydrogen-bond acceptors (Lipinski definition) is 2. The van der Waals surface area contributed by atoms with Crippen molar-refractivity contribution in [1.29, 1.82) is 0 Å². The molecule has 0 amide bonds. The molecule has 5 heteroatoms. The van der Waals surface area contributed by atoms with Crippen LogP contribution >= 0.6 is 15.9 Å². The van der Waals surface area contributed by atoms with Crippen LogP contribution in [0.4, 0.5) is 0 Å². The molecule has 0 bridgehead atoms. The minimum absolute atomic E-state index is 0.738. The third-order valence-electron chi connectivity index (χ3n) is 2.21. The Morgan fingerprint density at radius 1 is 1.07 bits per heavy atom. The van der Waals surface area contributed by atoms with Crippen LogP contribution in [0.25, 0.3) is 0 Å². The molecule has 0 heterocycles. The largest absolute Gasteiger partial charge is 0.455 e. The molecule has 0 radical (unpaired) electrons. The second kappa shape index (κ2) is 6.42. The lowest BCUT2D eigenvalue weighted by Crippen LogP contribution is -2.49. The lowest BCUT2D eigenvalue weighted by atomic mass is 10.4. The molecule has 2 N–H and O–H groups in total. The summed E-state index contributed by atoms with van der Waals surface area (Å²) >= 11 is 3.46. The zero-order chi connectivity index (χ0) is 11.2. The van der Waals surface area contributed by atoms with Crippen LogP contribution in [0.3, 0.4) is 0 Å². The maximum Gasteiger partial charge on any atom is 0.187 e. The van der Waals surface area contributed by atoms with Crippen molar-refractivity contribution in [2.24, 2.45) is 5.73 Å². The Balaban J connectivity index is 3.93. The first-order valence-electron chi connectivity index (χ1n) is 5.29. The highest BCUT2D eigenvalue weighted by Gasteiger charge is 2.31. The molecule has 0 aromatic rings. The summed E-state index contributed by atoms with van der Waals surface area (Å²) in [6.45, 7) is 9.05. The van der Waals surface area contributed by atoms with Crippen molar-refractivity contribution < 1.29 is 4.12 Å². The van der Waals surface area contributed by atoms with Gasteiger partial charge in [-0.05, 0) is 38.7 Å². The molecule has 0 aromatic carbocycles. The number of unbranched alkanes of at least 4 members (excludes halogenated alkanes) is 1. The second-order valence-corrected chi connectivity index (χ2v) is 14.5. The van der Waals surface area contributed by atoms with Gasteiger partial charge in [0.2, 0.25) is 0 Å². The van der Waals surface area contributed by atoms with Crippen molar-refractivity contribution in [3.63, 3.8) is 0 Å². The molecule has 2 nitrogen and oxygen atoms in total. The number of rotatable bonds is 7. The first-order valence-corrected chi connectivity index (χ1v) is 12.6. The number of nitrogens with two attached hydrogens (primary N) is 1. The Morgan fingerprint density at radius 2 is 1.64 bits per heavy atom. The Hall–Kier alpha value is 0.834.